The topological polar surface area (TPSA) is 32.9 Å². The number of para-hydroxylation sites is 1. The average Bonchev–Trinajstić information content (AvgIpc) is 2.81. The maximum atomic E-state index is 11.9. The Morgan fingerprint density at radius 1 is 1.05 bits per heavy atom. The van der Waals surface area contributed by atoms with Gasteiger partial charge in [0.2, 0.25) is 0 Å². The Kier molecular flexibility index (Phi) is 3.15. The lowest BCUT2D eigenvalue weighted by Crippen LogP contribution is -1.99. The molecule has 2 aromatic carbocycles. The number of aryl methyl sites for hydroxylation is 1. The molecular formula is C18H17NO. The van der Waals surface area contributed by atoms with Crippen molar-refractivity contribution in [3.05, 3.63) is 70.9 Å². The van der Waals surface area contributed by atoms with E-state index in [1.165, 1.54) is 11.1 Å². The molecule has 20 heavy (non-hydrogen) atoms. The average molecular weight is 263 g/mol. The van der Waals surface area contributed by atoms with Crippen LogP contribution in [0.15, 0.2) is 48.5 Å². The van der Waals surface area contributed by atoms with Crippen LogP contribution >= 0.6 is 0 Å². The molecule has 0 bridgehead atoms. The maximum absolute atomic E-state index is 11.9. The molecule has 100 valence electrons. The number of aromatic nitrogens is 1. The van der Waals surface area contributed by atoms with Gasteiger partial charge in [-0.05, 0) is 23.6 Å². The molecule has 1 heterocycles. The zero-order chi connectivity index (χ0) is 14.1. The number of fused-ring (bicyclic) bond motifs is 1. The SMILES string of the molecule is CC(=O)c1[nH]c2c(C)cccc2c1Cc1ccccc1. The molecule has 0 aliphatic heterocycles. The Bertz CT molecular complexity index is 769. The minimum Gasteiger partial charge on any atom is -0.352 e. The van der Waals surface area contributed by atoms with E-state index in [-0.39, 0.29) is 5.78 Å². The summed E-state index contributed by atoms with van der Waals surface area (Å²) in [6.07, 6.45) is 0.777. The summed E-state index contributed by atoms with van der Waals surface area (Å²) in [5.41, 5.74) is 5.30. The fourth-order valence-corrected chi connectivity index (χ4v) is 2.70. The summed E-state index contributed by atoms with van der Waals surface area (Å²) in [6, 6.07) is 16.5. The zero-order valence-electron chi connectivity index (χ0n) is 11.7. The fraction of sp³-hybridized carbons (Fsp3) is 0.167. The molecule has 0 unspecified atom stereocenters. The quantitative estimate of drug-likeness (QED) is 0.703. The molecule has 0 aliphatic carbocycles. The van der Waals surface area contributed by atoms with Crippen LogP contribution in [-0.4, -0.2) is 10.8 Å². The number of nitrogens with one attached hydrogen (secondary N) is 1. The lowest BCUT2D eigenvalue weighted by Gasteiger charge is -2.03. The minimum atomic E-state index is 0.0894. The van der Waals surface area contributed by atoms with Crippen molar-refractivity contribution in [1.29, 1.82) is 0 Å². The van der Waals surface area contributed by atoms with Crippen molar-refractivity contribution in [1.82, 2.24) is 4.98 Å². The molecule has 0 fully saturated rings. The number of Topliss-reactive ketones (excluding diaryl/α,β-unsaturated/α-hetero) is 1. The van der Waals surface area contributed by atoms with Gasteiger partial charge in [-0.25, -0.2) is 0 Å². The highest BCUT2D eigenvalue weighted by atomic mass is 16.1. The highest BCUT2D eigenvalue weighted by Gasteiger charge is 2.15. The fourth-order valence-electron chi connectivity index (χ4n) is 2.70. The molecule has 3 aromatic rings. The van der Waals surface area contributed by atoms with E-state index in [2.05, 4.69) is 36.2 Å². The molecule has 0 radical (unpaired) electrons. The van der Waals surface area contributed by atoms with Gasteiger partial charge in [0.05, 0.1) is 5.69 Å². The first kappa shape index (κ1) is 12.7. The summed E-state index contributed by atoms with van der Waals surface area (Å²) in [4.78, 5) is 15.2. The number of benzene rings is 2. The van der Waals surface area contributed by atoms with E-state index in [4.69, 9.17) is 0 Å². The van der Waals surface area contributed by atoms with Gasteiger partial charge in [-0.1, -0.05) is 48.5 Å². The second-order valence-electron chi connectivity index (χ2n) is 5.19. The molecule has 0 atom stereocenters. The number of rotatable bonds is 3. The smallest absolute Gasteiger partial charge is 0.176 e. The van der Waals surface area contributed by atoms with E-state index in [1.54, 1.807) is 6.92 Å². The number of carbonyl (C=O) groups is 1. The number of H-pyrrole nitrogens is 1. The van der Waals surface area contributed by atoms with Crippen LogP contribution in [0, 0.1) is 6.92 Å². The first-order chi connectivity index (χ1) is 9.66. The Hall–Kier alpha value is -2.35. The van der Waals surface area contributed by atoms with Crippen LogP contribution in [0.3, 0.4) is 0 Å². The molecule has 1 aromatic heterocycles. The lowest BCUT2D eigenvalue weighted by atomic mass is 10.00. The highest BCUT2D eigenvalue weighted by Crippen LogP contribution is 2.27. The zero-order valence-corrected chi connectivity index (χ0v) is 11.7. The van der Waals surface area contributed by atoms with Gasteiger partial charge in [0.25, 0.3) is 0 Å². The van der Waals surface area contributed by atoms with Gasteiger partial charge >= 0.3 is 0 Å². The predicted octanol–water partition coefficient (Wildman–Crippen LogP) is 4.27. The van der Waals surface area contributed by atoms with Crippen molar-refractivity contribution in [3.8, 4) is 0 Å². The highest BCUT2D eigenvalue weighted by molar-refractivity contribution is 6.01. The molecule has 3 rings (SSSR count). The van der Waals surface area contributed by atoms with Crippen LogP contribution in [0.1, 0.15) is 34.1 Å². The van der Waals surface area contributed by atoms with E-state index in [9.17, 15) is 4.79 Å². The number of carbonyl (C=O) groups excluding carboxylic acids is 1. The van der Waals surface area contributed by atoms with Crippen LogP contribution < -0.4 is 0 Å². The van der Waals surface area contributed by atoms with Crippen molar-refractivity contribution in [2.24, 2.45) is 0 Å². The summed E-state index contributed by atoms with van der Waals surface area (Å²) >= 11 is 0. The van der Waals surface area contributed by atoms with E-state index < -0.39 is 0 Å². The van der Waals surface area contributed by atoms with Crippen LogP contribution in [-0.2, 0) is 6.42 Å². The molecular weight excluding hydrogens is 246 g/mol. The van der Waals surface area contributed by atoms with Gasteiger partial charge < -0.3 is 4.98 Å². The second-order valence-corrected chi connectivity index (χ2v) is 5.19. The molecule has 2 heteroatoms. The van der Waals surface area contributed by atoms with E-state index in [0.717, 1.165) is 28.6 Å². The normalized spacial score (nSPS) is 10.9. The van der Waals surface area contributed by atoms with Crippen LogP contribution in [0.5, 0.6) is 0 Å². The number of ketones is 1. The van der Waals surface area contributed by atoms with Crippen LogP contribution in [0.25, 0.3) is 10.9 Å². The van der Waals surface area contributed by atoms with Crippen LogP contribution in [0.2, 0.25) is 0 Å². The summed E-state index contributed by atoms with van der Waals surface area (Å²) < 4.78 is 0. The summed E-state index contributed by atoms with van der Waals surface area (Å²) in [5, 5.41) is 1.15. The molecule has 0 saturated carbocycles. The first-order valence-corrected chi connectivity index (χ1v) is 6.82. The number of aromatic amines is 1. The third-order valence-electron chi connectivity index (χ3n) is 3.73. The van der Waals surface area contributed by atoms with E-state index >= 15 is 0 Å². The summed E-state index contributed by atoms with van der Waals surface area (Å²) in [7, 11) is 0. The van der Waals surface area contributed by atoms with Gasteiger partial charge in [0.15, 0.2) is 5.78 Å². The van der Waals surface area contributed by atoms with Crippen molar-refractivity contribution >= 4 is 16.7 Å². The molecule has 0 spiro atoms. The maximum Gasteiger partial charge on any atom is 0.176 e. The molecule has 0 saturated heterocycles. The Labute approximate surface area is 118 Å². The molecule has 0 amide bonds. The van der Waals surface area contributed by atoms with Gasteiger partial charge in [-0.2, -0.15) is 0 Å². The number of hydrogen-bond donors (Lipinski definition) is 1. The lowest BCUT2D eigenvalue weighted by molar-refractivity contribution is 0.101. The van der Waals surface area contributed by atoms with Gasteiger partial charge in [-0.15, -0.1) is 0 Å². The van der Waals surface area contributed by atoms with Crippen molar-refractivity contribution in [2.75, 3.05) is 0 Å². The largest absolute Gasteiger partial charge is 0.352 e. The third kappa shape index (κ3) is 2.14. The standard InChI is InChI=1S/C18H17NO/c1-12-7-6-10-15-16(11-14-8-4-3-5-9-14)18(13(2)20)19-17(12)15/h3-10,19H,11H2,1-2H3. The third-order valence-corrected chi connectivity index (χ3v) is 3.73. The van der Waals surface area contributed by atoms with Gasteiger partial charge in [0, 0.05) is 24.2 Å². The summed E-state index contributed by atoms with van der Waals surface area (Å²) in [6.45, 7) is 3.68. The Morgan fingerprint density at radius 3 is 2.50 bits per heavy atom. The molecule has 2 nitrogen and oxygen atoms in total. The van der Waals surface area contributed by atoms with Crippen molar-refractivity contribution < 1.29 is 4.79 Å². The van der Waals surface area contributed by atoms with Crippen molar-refractivity contribution in [3.63, 3.8) is 0 Å². The van der Waals surface area contributed by atoms with Gasteiger partial charge in [0.1, 0.15) is 0 Å². The van der Waals surface area contributed by atoms with Gasteiger partial charge in [-0.3, -0.25) is 4.79 Å². The Morgan fingerprint density at radius 2 is 1.80 bits per heavy atom. The predicted molar refractivity (Wildman–Crippen MR) is 82.3 cm³/mol. The number of hydrogen-bond acceptors (Lipinski definition) is 1. The first-order valence-electron chi connectivity index (χ1n) is 6.82. The second kappa shape index (κ2) is 4.97. The molecule has 1 N–H and O–H groups in total. The summed E-state index contributed by atoms with van der Waals surface area (Å²) in [5.74, 6) is 0.0894. The van der Waals surface area contributed by atoms with E-state index in [0.29, 0.717) is 0 Å². The Balaban J connectivity index is 2.19. The monoisotopic (exact) mass is 263 g/mol. The molecule has 0 aliphatic rings. The minimum absolute atomic E-state index is 0.0894. The van der Waals surface area contributed by atoms with Crippen molar-refractivity contribution in [2.45, 2.75) is 20.3 Å². The van der Waals surface area contributed by atoms with E-state index in [1.807, 2.05) is 24.3 Å². The van der Waals surface area contributed by atoms with Crippen LogP contribution in [0.4, 0.5) is 0 Å².